The molecule has 0 fully saturated rings. The maximum absolute atomic E-state index is 13.1. The fraction of sp³-hybridized carbons (Fsp3) is 0.227. The van der Waals surface area contributed by atoms with Crippen molar-refractivity contribution in [1.29, 1.82) is 0 Å². The second kappa shape index (κ2) is 9.65. The van der Waals surface area contributed by atoms with Crippen molar-refractivity contribution in [3.63, 3.8) is 0 Å². The summed E-state index contributed by atoms with van der Waals surface area (Å²) in [5, 5.41) is 4.95. The summed E-state index contributed by atoms with van der Waals surface area (Å²) in [6.07, 6.45) is 1.90. The summed E-state index contributed by atoms with van der Waals surface area (Å²) in [5.74, 6) is -2.04. The summed E-state index contributed by atoms with van der Waals surface area (Å²) >= 11 is 0. The molecule has 9 nitrogen and oxygen atoms in total. The summed E-state index contributed by atoms with van der Waals surface area (Å²) in [6.45, 7) is 1.82. The molecule has 0 radical (unpaired) electrons. The molecule has 168 valence electrons. The molecule has 0 saturated heterocycles. The van der Waals surface area contributed by atoms with Crippen LogP contribution in [0.15, 0.2) is 71.9 Å². The first-order chi connectivity index (χ1) is 15.2. The van der Waals surface area contributed by atoms with E-state index in [1.807, 2.05) is 6.92 Å². The number of amides is 2. The molecule has 0 unspecified atom stereocenters. The second-order valence-corrected chi connectivity index (χ2v) is 8.97. The van der Waals surface area contributed by atoms with Crippen molar-refractivity contribution in [2.45, 2.75) is 30.3 Å². The molecule has 0 spiro atoms. The van der Waals surface area contributed by atoms with Gasteiger partial charge in [-0.25, -0.2) is 13.2 Å². The first kappa shape index (κ1) is 23.0. The Labute approximate surface area is 186 Å². The van der Waals surface area contributed by atoms with E-state index in [0.717, 1.165) is 9.87 Å². The molecule has 2 atom stereocenters. The van der Waals surface area contributed by atoms with Crippen LogP contribution in [0.25, 0.3) is 0 Å². The third-order valence-electron chi connectivity index (χ3n) is 4.91. The zero-order valence-corrected chi connectivity index (χ0v) is 18.3. The minimum atomic E-state index is -4.09. The van der Waals surface area contributed by atoms with Crippen molar-refractivity contribution >= 4 is 27.8 Å². The molecule has 2 amide bonds. The molecule has 0 aliphatic carbocycles. The Bertz CT molecular complexity index is 1130. The number of nitrogens with zero attached hydrogens (tertiary/aromatic N) is 1. The van der Waals surface area contributed by atoms with Crippen LogP contribution < -0.4 is 10.6 Å². The summed E-state index contributed by atoms with van der Waals surface area (Å²) in [7, 11) is -2.90. The van der Waals surface area contributed by atoms with Gasteiger partial charge in [0.25, 0.3) is 10.0 Å². The fourth-order valence-electron chi connectivity index (χ4n) is 3.21. The van der Waals surface area contributed by atoms with Crippen LogP contribution in [0.5, 0.6) is 0 Å². The smallest absolute Gasteiger partial charge is 0.333 e. The molecule has 3 rings (SSSR count). The minimum Gasteiger partial charge on any atom is -0.467 e. The largest absolute Gasteiger partial charge is 0.467 e. The van der Waals surface area contributed by atoms with Gasteiger partial charge in [0.05, 0.1) is 18.4 Å². The summed E-state index contributed by atoms with van der Waals surface area (Å²) < 4.78 is 31.9. The van der Waals surface area contributed by atoms with Crippen LogP contribution >= 0.6 is 0 Å². The van der Waals surface area contributed by atoms with Crippen molar-refractivity contribution in [3.05, 3.63) is 78.1 Å². The number of benzene rings is 2. The normalized spacial score (nSPS) is 16.8. The molecule has 1 heterocycles. The first-order valence-corrected chi connectivity index (χ1v) is 11.2. The molecule has 2 N–H and O–H groups in total. The first-order valence-electron chi connectivity index (χ1n) is 9.73. The number of esters is 1. The maximum atomic E-state index is 13.1. The molecule has 1 aliphatic heterocycles. The third kappa shape index (κ3) is 4.97. The van der Waals surface area contributed by atoms with Gasteiger partial charge in [-0.1, -0.05) is 48.0 Å². The van der Waals surface area contributed by atoms with Gasteiger partial charge in [0.1, 0.15) is 6.04 Å². The van der Waals surface area contributed by atoms with Crippen molar-refractivity contribution < 1.29 is 27.5 Å². The Balaban J connectivity index is 1.84. The summed E-state index contributed by atoms with van der Waals surface area (Å²) in [5.41, 5.74) is 1.37. The predicted octanol–water partition coefficient (Wildman–Crippen LogP) is 1.38. The Kier molecular flexibility index (Phi) is 6.94. The highest BCUT2D eigenvalue weighted by Crippen LogP contribution is 2.23. The molecule has 10 heteroatoms. The Morgan fingerprint density at radius 2 is 1.78 bits per heavy atom. The van der Waals surface area contributed by atoms with Gasteiger partial charge in [0, 0.05) is 12.4 Å². The molecule has 32 heavy (non-hydrogen) atoms. The topological polar surface area (TPSA) is 122 Å². The zero-order valence-electron chi connectivity index (χ0n) is 17.5. The van der Waals surface area contributed by atoms with E-state index in [-0.39, 0.29) is 4.90 Å². The average Bonchev–Trinajstić information content (AvgIpc) is 2.79. The minimum absolute atomic E-state index is 0.00965. The number of carbonyl (C=O) groups excluding carboxylic acids is 3. The number of ether oxygens (including phenoxy) is 1. The summed E-state index contributed by atoms with van der Waals surface area (Å²) in [6, 6.07) is 12.2. The van der Waals surface area contributed by atoms with Crippen molar-refractivity contribution in [2.75, 3.05) is 7.11 Å². The summed E-state index contributed by atoms with van der Waals surface area (Å²) in [4.78, 5) is 37.4. The van der Waals surface area contributed by atoms with Gasteiger partial charge < -0.3 is 15.4 Å². The Morgan fingerprint density at radius 1 is 1.12 bits per heavy atom. The van der Waals surface area contributed by atoms with E-state index >= 15 is 0 Å². The van der Waals surface area contributed by atoms with Crippen molar-refractivity contribution in [3.8, 4) is 0 Å². The van der Waals surface area contributed by atoms with Crippen LogP contribution in [0.3, 0.4) is 0 Å². The number of hydrogen-bond donors (Lipinski definition) is 2. The Hall–Kier alpha value is -3.66. The van der Waals surface area contributed by atoms with Gasteiger partial charge in [-0.2, -0.15) is 0 Å². The zero-order chi connectivity index (χ0) is 23.3. The van der Waals surface area contributed by atoms with Crippen LogP contribution in [-0.4, -0.2) is 43.7 Å². The van der Waals surface area contributed by atoms with Gasteiger partial charge in [-0.05, 0) is 24.6 Å². The number of sulfonamides is 1. The van der Waals surface area contributed by atoms with Crippen molar-refractivity contribution in [2.24, 2.45) is 0 Å². The number of hydrogen-bond acceptors (Lipinski definition) is 6. The van der Waals surface area contributed by atoms with Crippen LogP contribution in [-0.2, 0) is 29.1 Å². The van der Waals surface area contributed by atoms with Crippen LogP contribution in [0, 0.1) is 6.92 Å². The molecule has 0 saturated carbocycles. The predicted molar refractivity (Wildman–Crippen MR) is 115 cm³/mol. The van der Waals surface area contributed by atoms with E-state index in [4.69, 9.17) is 4.74 Å². The molecular weight excluding hydrogens is 434 g/mol. The average molecular weight is 458 g/mol. The van der Waals surface area contributed by atoms with Gasteiger partial charge in [-0.3, -0.25) is 13.9 Å². The second-order valence-electron chi connectivity index (χ2n) is 7.13. The number of rotatable bonds is 7. The lowest BCUT2D eigenvalue weighted by Gasteiger charge is -2.31. The SMILES string of the molecule is COC(=O)[C@@H](NC(=O)C[C@@H]1C(=O)NC=CN1S(=O)(=O)c1ccc(C)cc1)c1ccccc1. The molecule has 0 aromatic heterocycles. The third-order valence-corrected chi connectivity index (χ3v) is 6.71. The van der Waals surface area contributed by atoms with Gasteiger partial charge in [0.2, 0.25) is 11.8 Å². The van der Waals surface area contributed by atoms with E-state index in [1.54, 1.807) is 42.5 Å². The molecular formula is C22H23N3O6S. The number of methoxy groups -OCH3 is 1. The molecule has 2 aromatic rings. The highest BCUT2D eigenvalue weighted by molar-refractivity contribution is 7.89. The lowest BCUT2D eigenvalue weighted by Crippen LogP contribution is -2.51. The number of carbonyl (C=O) groups is 3. The van der Waals surface area contributed by atoms with E-state index in [2.05, 4.69) is 10.6 Å². The monoisotopic (exact) mass is 457 g/mol. The fourth-order valence-corrected chi connectivity index (χ4v) is 4.66. The molecule has 0 bridgehead atoms. The molecule has 1 aliphatic rings. The van der Waals surface area contributed by atoms with Gasteiger partial charge in [0.15, 0.2) is 6.04 Å². The Morgan fingerprint density at radius 3 is 2.41 bits per heavy atom. The number of aryl methyl sites for hydroxylation is 1. The number of nitrogens with one attached hydrogen (secondary N) is 2. The van der Waals surface area contributed by atoms with Crippen LogP contribution in [0.2, 0.25) is 0 Å². The van der Waals surface area contributed by atoms with Crippen LogP contribution in [0.4, 0.5) is 0 Å². The van der Waals surface area contributed by atoms with E-state index in [9.17, 15) is 22.8 Å². The molecule has 2 aromatic carbocycles. The van der Waals surface area contributed by atoms with Gasteiger partial charge in [-0.15, -0.1) is 0 Å². The van der Waals surface area contributed by atoms with Crippen LogP contribution in [0.1, 0.15) is 23.6 Å². The lowest BCUT2D eigenvalue weighted by atomic mass is 10.1. The lowest BCUT2D eigenvalue weighted by molar-refractivity contribution is -0.145. The van der Waals surface area contributed by atoms with Crippen molar-refractivity contribution in [1.82, 2.24) is 14.9 Å². The van der Waals surface area contributed by atoms with E-state index < -0.39 is 46.3 Å². The van der Waals surface area contributed by atoms with E-state index in [1.165, 1.54) is 31.6 Å². The highest BCUT2D eigenvalue weighted by atomic mass is 32.2. The quantitative estimate of drug-likeness (QED) is 0.606. The van der Waals surface area contributed by atoms with E-state index in [0.29, 0.717) is 5.56 Å². The van der Waals surface area contributed by atoms with Gasteiger partial charge >= 0.3 is 5.97 Å². The maximum Gasteiger partial charge on any atom is 0.333 e. The standard InChI is InChI=1S/C22H23N3O6S/c1-15-8-10-17(11-9-15)32(29,30)25-13-12-23-21(27)18(25)14-19(26)24-20(22(28)31-2)16-6-4-3-5-7-16/h3-13,18,20H,14H2,1-2H3,(H,23,27)(H,24,26)/t18-,20+/m1/s1. The highest BCUT2D eigenvalue weighted by Gasteiger charge is 2.37.